The zero-order valence-electron chi connectivity index (χ0n) is 8.26. The van der Waals surface area contributed by atoms with Crippen LogP contribution >= 0.6 is 34.5 Å². The largest absolute Gasteiger partial charge is 0.378 e. The maximum absolute atomic E-state index is 11.8. The Morgan fingerprint density at radius 1 is 1.12 bits per heavy atom. The molecule has 1 heterocycles. The molecule has 1 aromatic carbocycles. The molecule has 90 valence electrons. The molecule has 0 radical (unpaired) electrons. The summed E-state index contributed by atoms with van der Waals surface area (Å²) in [7, 11) is -3.78. The van der Waals surface area contributed by atoms with Crippen molar-refractivity contribution < 1.29 is 12.6 Å². The Kier molecular flexibility index (Phi) is 3.63. The van der Waals surface area contributed by atoms with Crippen LogP contribution in [-0.2, 0) is 10.1 Å². The van der Waals surface area contributed by atoms with Crippen molar-refractivity contribution in [3.8, 4) is 5.75 Å². The van der Waals surface area contributed by atoms with Crippen molar-refractivity contribution in [1.29, 1.82) is 0 Å². The summed E-state index contributed by atoms with van der Waals surface area (Å²) in [6.45, 7) is 0. The minimum Gasteiger partial charge on any atom is -0.378 e. The first-order chi connectivity index (χ1) is 7.99. The first-order valence-corrected chi connectivity index (χ1v) is 7.46. The van der Waals surface area contributed by atoms with Gasteiger partial charge >= 0.3 is 10.1 Å². The molecule has 17 heavy (non-hydrogen) atoms. The van der Waals surface area contributed by atoms with Crippen molar-refractivity contribution in [2.75, 3.05) is 0 Å². The molecule has 1 aromatic heterocycles. The van der Waals surface area contributed by atoms with Crippen LogP contribution in [0.25, 0.3) is 0 Å². The smallest absolute Gasteiger partial charge is 0.348 e. The number of halogens is 2. The highest BCUT2D eigenvalue weighted by molar-refractivity contribution is 7.89. The number of rotatable bonds is 3. The van der Waals surface area contributed by atoms with E-state index < -0.39 is 10.1 Å². The van der Waals surface area contributed by atoms with Gasteiger partial charge < -0.3 is 4.18 Å². The Hall–Kier alpha value is -0.750. The van der Waals surface area contributed by atoms with Crippen LogP contribution in [0.5, 0.6) is 5.75 Å². The van der Waals surface area contributed by atoms with Crippen molar-refractivity contribution in [3.05, 3.63) is 45.8 Å². The van der Waals surface area contributed by atoms with Crippen LogP contribution in [0.1, 0.15) is 0 Å². The van der Waals surface area contributed by atoms with Crippen LogP contribution in [-0.4, -0.2) is 8.42 Å². The van der Waals surface area contributed by atoms with E-state index in [4.69, 9.17) is 27.4 Å². The van der Waals surface area contributed by atoms with E-state index >= 15 is 0 Å². The molecule has 2 aromatic rings. The van der Waals surface area contributed by atoms with Crippen LogP contribution in [0.4, 0.5) is 0 Å². The second-order valence-electron chi connectivity index (χ2n) is 3.05. The molecule has 0 saturated carbocycles. The molecular formula is C10H6Cl2O3S2. The fourth-order valence-electron chi connectivity index (χ4n) is 1.10. The molecule has 3 nitrogen and oxygen atoms in total. The number of hydrogen-bond acceptors (Lipinski definition) is 4. The monoisotopic (exact) mass is 308 g/mol. The summed E-state index contributed by atoms with van der Waals surface area (Å²) in [6, 6.07) is 7.38. The lowest BCUT2D eigenvalue weighted by molar-refractivity contribution is 0.488. The number of thiophene rings is 1. The number of hydrogen-bond donors (Lipinski definition) is 0. The molecule has 0 N–H and O–H groups in total. The SMILES string of the molecule is O=S(=O)(Oc1ccc(Cl)c(Cl)c1)c1cccs1. The summed E-state index contributed by atoms with van der Waals surface area (Å²) in [4.78, 5) is 0. The Morgan fingerprint density at radius 2 is 1.88 bits per heavy atom. The lowest BCUT2D eigenvalue weighted by atomic mass is 10.3. The Bertz CT molecular complexity index is 621. The molecule has 0 atom stereocenters. The first kappa shape index (κ1) is 12.7. The summed E-state index contributed by atoms with van der Waals surface area (Å²) < 4.78 is 28.6. The third-order valence-corrected chi connectivity index (χ3v) is 5.18. The predicted molar refractivity (Wildman–Crippen MR) is 68.6 cm³/mol. The van der Waals surface area contributed by atoms with Crippen LogP contribution < -0.4 is 4.18 Å². The molecule has 0 saturated heterocycles. The van der Waals surface area contributed by atoms with E-state index in [9.17, 15) is 8.42 Å². The fraction of sp³-hybridized carbons (Fsp3) is 0. The van der Waals surface area contributed by atoms with Crippen LogP contribution in [0.2, 0.25) is 10.0 Å². The average molecular weight is 309 g/mol. The van der Waals surface area contributed by atoms with E-state index in [1.807, 2.05) is 0 Å². The van der Waals surface area contributed by atoms with Crippen LogP contribution in [0.3, 0.4) is 0 Å². The van der Waals surface area contributed by atoms with Crippen LogP contribution in [0, 0.1) is 0 Å². The highest BCUT2D eigenvalue weighted by atomic mass is 35.5. The maximum Gasteiger partial charge on any atom is 0.348 e. The topological polar surface area (TPSA) is 43.4 Å². The van der Waals surface area contributed by atoms with Gasteiger partial charge in [0.1, 0.15) is 5.75 Å². The summed E-state index contributed by atoms with van der Waals surface area (Å²) in [5, 5.41) is 2.24. The molecule has 0 unspecified atom stereocenters. The minimum absolute atomic E-state index is 0.132. The third-order valence-electron chi connectivity index (χ3n) is 1.84. The molecule has 0 fully saturated rings. The molecular weight excluding hydrogens is 303 g/mol. The molecule has 0 amide bonds. The van der Waals surface area contributed by atoms with Gasteiger partial charge in [0.05, 0.1) is 10.0 Å². The molecule has 7 heteroatoms. The van der Waals surface area contributed by atoms with Gasteiger partial charge in [0.25, 0.3) is 0 Å². The lowest BCUT2D eigenvalue weighted by Gasteiger charge is -2.05. The van der Waals surface area contributed by atoms with Gasteiger partial charge in [0.2, 0.25) is 0 Å². The zero-order valence-corrected chi connectivity index (χ0v) is 11.4. The van der Waals surface area contributed by atoms with Crippen molar-refractivity contribution in [3.63, 3.8) is 0 Å². The third kappa shape index (κ3) is 2.93. The predicted octanol–water partition coefficient (Wildman–Crippen LogP) is 3.82. The van der Waals surface area contributed by atoms with Gasteiger partial charge in [-0.2, -0.15) is 8.42 Å². The van der Waals surface area contributed by atoms with Gasteiger partial charge in [-0.15, -0.1) is 11.3 Å². The average Bonchev–Trinajstić information content (AvgIpc) is 2.77. The second-order valence-corrected chi connectivity index (χ2v) is 6.58. The molecule has 0 aliphatic carbocycles. The Morgan fingerprint density at radius 3 is 2.47 bits per heavy atom. The van der Waals surface area contributed by atoms with Crippen LogP contribution in [0.15, 0.2) is 39.9 Å². The summed E-state index contributed by atoms with van der Waals surface area (Å²) in [5.41, 5.74) is 0. The van der Waals surface area contributed by atoms with E-state index in [-0.39, 0.29) is 15.0 Å². The van der Waals surface area contributed by atoms with Gasteiger partial charge in [-0.25, -0.2) is 0 Å². The summed E-state index contributed by atoms with van der Waals surface area (Å²) >= 11 is 12.6. The zero-order chi connectivity index (χ0) is 12.5. The Labute approximate surface area is 113 Å². The van der Waals surface area contributed by atoms with Crippen molar-refractivity contribution in [1.82, 2.24) is 0 Å². The number of benzene rings is 1. The highest BCUT2D eigenvalue weighted by Crippen LogP contribution is 2.28. The van der Waals surface area contributed by atoms with Crippen molar-refractivity contribution in [2.45, 2.75) is 4.21 Å². The van der Waals surface area contributed by atoms with Crippen molar-refractivity contribution in [2.24, 2.45) is 0 Å². The van der Waals surface area contributed by atoms with Gasteiger partial charge in [-0.05, 0) is 23.6 Å². The van der Waals surface area contributed by atoms with Gasteiger partial charge in [-0.3, -0.25) is 0 Å². The first-order valence-electron chi connectivity index (χ1n) is 4.42. The molecule has 0 spiro atoms. The minimum atomic E-state index is -3.78. The highest BCUT2D eigenvalue weighted by Gasteiger charge is 2.17. The standard InChI is InChI=1S/C10H6Cl2O3S2/c11-8-4-3-7(6-9(8)12)15-17(13,14)10-2-1-5-16-10/h1-6H. The normalized spacial score (nSPS) is 11.4. The second kappa shape index (κ2) is 4.86. The molecule has 0 bridgehead atoms. The Balaban J connectivity index is 2.30. The van der Waals surface area contributed by atoms with E-state index in [0.29, 0.717) is 5.02 Å². The lowest BCUT2D eigenvalue weighted by Crippen LogP contribution is -2.07. The maximum atomic E-state index is 11.8. The fourth-order valence-corrected chi connectivity index (χ4v) is 3.26. The molecule has 0 aliphatic heterocycles. The molecule has 2 rings (SSSR count). The molecule has 0 aliphatic rings. The van der Waals surface area contributed by atoms with Gasteiger partial charge in [0, 0.05) is 6.07 Å². The quantitative estimate of drug-likeness (QED) is 0.810. The van der Waals surface area contributed by atoms with Gasteiger partial charge in [-0.1, -0.05) is 29.3 Å². The summed E-state index contributed by atoms with van der Waals surface area (Å²) in [6.07, 6.45) is 0. The van der Waals surface area contributed by atoms with E-state index in [0.717, 1.165) is 11.3 Å². The van der Waals surface area contributed by atoms with E-state index in [1.54, 1.807) is 11.4 Å². The van der Waals surface area contributed by atoms with E-state index in [2.05, 4.69) is 0 Å². The van der Waals surface area contributed by atoms with E-state index in [1.165, 1.54) is 24.3 Å². The van der Waals surface area contributed by atoms with Gasteiger partial charge in [0.15, 0.2) is 4.21 Å². The van der Waals surface area contributed by atoms with Crippen molar-refractivity contribution >= 4 is 44.7 Å². The summed E-state index contributed by atoms with van der Waals surface area (Å²) in [5.74, 6) is 0.132.